The van der Waals surface area contributed by atoms with Gasteiger partial charge in [-0.15, -0.1) is 0 Å². The van der Waals surface area contributed by atoms with E-state index in [1.165, 1.54) is 14.0 Å². The van der Waals surface area contributed by atoms with Crippen molar-refractivity contribution in [3.63, 3.8) is 0 Å². The molecule has 14 heteroatoms. The van der Waals surface area contributed by atoms with E-state index < -0.39 is 104 Å². The second-order valence-corrected chi connectivity index (χ2v) is 14.3. The summed E-state index contributed by atoms with van der Waals surface area (Å²) in [6.45, 7) is 8.44. The number of hydrogen-bond donors (Lipinski definition) is 5. The lowest BCUT2D eigenvalue weighted by Crippen LogP contribution is -2.65. The largest absolute Gasteiger partial charge is 0.462 e. The molecular formula is C35H59NO13. The van der Waals surface area contributed by atoms with Gasteiger partial charge in [-0.2, -0.15) is 0 Å². The van der Waals surface area contributed by atoms with Crippen LogP contribution in [0, 0.1) is 11.8 Å². The van der Waals surface area contributed by atoms with Gasteiger partial charge in [0.05, 0.1) is 48.6 Å². The molecule has 3 aliphatic rings. The van der Waals surface area contributed by atoms with Crippen LogP contribution in [-0.4, -0.2) is 149 Å². The molecule has 0 aromatic heterocycles. The van der Waals surface area contributed by atoms with Crippen LogP contribution in [0.4, 0.5) is 0 Å². The molecule has 5 N–H and O–H groups in total. The molecule has 5 unspecified atom stereocenters. The van der Waals surface area contributed by atoms with E-state index in [0.717, 1.165) is 6.29 Å². The lowest BCUT2D eigenvalue weighted by molar-refractivity contribution is -0.344. The molecular weight excluding hydrogens is 642 g/mol. The summed E-state index contributed by atoms with van der Waals surface area (Å²) in [5.41, 5.74) is -1.46. The van der Waals surface area contributed by atoms with Crippen molar-refractivity contribution in [2.45, 2.75) is 152 Å². The average Bonchev–Trinajstić information content (AvgIpc) is 3.00. The van der Waals surface area contributed by atoms with Crippen molar-refractivity contribution in [3.8, 4) is 0 Å². The number of likely N-dealkylation sites (N-methyl/N-ethyl adjacent to an activating group) is 1. The first-order chi connectivity index (χ1) is 23.0. The van der Waals surface area contributed by atoms with Crippen molar-refractivity contribution in [3.05, 3.63) is 24.3 Å². The van der Waals surface area contributed by atoms with Gasteiger partial charge in [-0.3, -0.25) is 4.79 Å². The Hall–Kier alpha value is -1.82. The molecule has 3 heterocycles. The highest BCUT2D eigenvalue weighted by Crippen LogP contribution is 2.36. The molecule has 2 saturated heterocycles. The fraction of sp³-hybridized carbons (Fsp3) is 0.829. The number of aldehydes is 1. The maximum atomic E-state index is 12.8. The Labute approximate surface area is 289 Å². The number of hydrogen-bond acceptors (Lipinski definition) is 14. The molecule has 0 bridgehead atoms. The van der Waals surface area contributed by atoms with Gasteiger partial charge >= 0.3 is 5.97 Å². The van der Waals surface area contributed by atoms with Crippen molar-refractivity contribution in [1.82, 2.24) is 4.90 Å². The molecule has 49 heavy (non-hydrogen) atoms. The van der Waals surface area contributed by atoms with E-state index in [0.29, 0.717) is 6.42 Å². The number of cyclic esters (lactones) is 1. The Bertz CT molecular complexity index is 1100. The highest BCUT2D eigenvalue weighted by Gasteiger charge is 2.51. The van der Waals surface area contributed by atoms with Gasteiger partial charge in [0.2, 0.25) is 0 Å². The number of aliphatic hydroxyl groups excluding tert-OH is 4. The average molecular weight is 702 g/mol. The summed E-state index contributed by atoms with van der Waals surface area (Å²) < 4.78 is 36.1. The molecule has 0 radical (unpaired) electrons. The van der Waals surface area contributed by atoms with Crippen LogP contribution in [0.5, 0.6) is 0 Å². The number of aliphatic hydroxyl groups is 5. The van der Waals surface area contributed by atoms with Gasteiger partial charge in [0.1, 0.15) is 36.8 Å². The summed E-state index contributed by atoms with van der Waals surface area (Å²) in [5.74, 6) is -1.64. The van der Waals surface area contributed by atoms with Crippen LogP contribution in [0.2, 0.25) is 0 Å². The zero-order valence-corrected chi connectivity index (χ0v) is 30.0. The van der Waals surface area contributed by atoms with E-state index in [1.807, 2.05) is 13.0 Å². The van der Waals surface area contributed by atoms with E-state index in [9.17, 15) is 35.1 Å². The Balaban J connectivity index is 1.94. The molecule has 16 atom stereocenters. The zero-order chi connectivity index (χ0) is 36.6. The van der Waals surface area contributed by atoms with E-state index in [1.54, 1.807) is 58.0 Å². The van der Waals surface area contributed by atoms with E-state index >= 15 is 0 Å². The first-order valence-corrected chi connectivity index (χ1v) is 17.2. The molecule has 0 aromatic carbocycles. The normalized spacial score (nSPS) is 46.2. The summed E-state index contributed by atoms with van der Waals surface area (Å²) in [5, 5.41) is 55.2. The molecule has 0 amide bonds. The van der Waals surface area contributed by atoms with Crippen LogP contribution in [-0.2, 0) is 38.0 Å². The summed E-state index contributed by atoms with van der Waals surface area (Å²) in [6, 6.07) is -0.721. The van der Waals surface area contributed by atoms with E-state index in [4.69, 9.17) is 28.4 Å². The van der Waals surface area contributed by atoms with Crippen molar-refractivity contribution in [2.24, 2.45) is 11.8 Å². The van der Waals surface area contributed by atoms with Crippen molar-refractivity contribution in [1.29, 1.82) is 0 Å². The topological polar surface area (TPSA) is 194 Å². The number of methoxy groups -OCH3 is 1. The molecule has 0 spiro atoms. The Morgan fingerprint density at radius 1 is 1.00 bits per heavy atom. The van der Waals surface area contributed by atoms with E-state index in [-0.39, 0.29) is 25.2 Å². The smallest absolute Gasteiger partial charge is 0.308 e. The van der Waals surface area contributed by atoms with Crippen LogP contribution in [0.1, 0.15) is 66.7 Å². The number of ether oxygens (including phenoxy) is 6. The van der Waals surface area contributed by atoms with Crippen LogP contribution in [0.25, 0.3) is 0 Å². The van der Waals surface area contributed by atoms with Crippen LogP contribution in [0.15, 0.2) is 24.3 Å². The number of nitrogens with zero attached hydrogens (tertiary/aromatic N) is 1. The highest BCUT2D eigenvalue weighted by atomic mass is 16.7. The molecule has 0 aromatic rings. The van der Waals surface area contributed by atoms with Gasteiger partial charge < -0.3 is 63.6 Å². The first kappa shape index (κ1) is 41.6. The van der Waals surface area contributed by atoms with Gasteiger partial charge in [0, 0.05) is 26.4 Å². The summed E-state index contributed by atoms with van der Waals surface area (Å²) in [6.07, 6.45) is -4.00. The fourth-order valence-electron chi connectivity index (χ4n) is 7.04. The lowest BCUT2D eigenvalue weighted by atomic mass is 9.82. The summed E-state index contributed by atoms with van der Waals surface area (Å²) in [4.78, 5) is 26.6. The van der Waals surface area contributed by atoms with Gasteiger partial charge in [-0.05, 0) is 60.0 Å². The number of rotatable bonds is 8. The molecule has 14 nitrogen and oxygen atoms in total. The number of carbonyl (C=O) groups excluding carboxylic acids is 2. The number of allylic oxidation sites excluding steroid dienone is 2. The molecule has 0 aliphatic carbocycles. The van der Waals surface area contributed by atoms with Crippen molar-refractivity contribution < 1.29 is 63.5 Å². The van der Waals surface area contributed by atoms with Crippen LogP contribution < -0.4 is 0 Å². The minimum atomic E-state index is -1.46. The van der Waals surface area contributed by atoms with Gasteiger partial charge in [-0.1, -0.05) is 31.2 Å². The third-order valence-corrected chi connectivity index (χ3v) is 9.83. The van der Waals surface area contributed by atoms with Gasteiger partial charge in [-0.25, -0.2) is 0 Å². The Morgan fingerprint density at radius 2 is 1.69 bits per heavy atom. The lowest BCUT2D eigenvalue weighted by Gasteiger charge is -2.50. The number of carbonyl (C=O) groups is 2. The summed E-state index contributed by atoms with van der Waals surface area (Å²) >= 11 is 0. The predicted octanol–water partition coefficient (Wildman–Crippen LogP) is 0.846. The number of esters is 1. The molecule has 2 fully saturated rings. The molecule has 282 valence electrons. The van der Waals surface area contributed by atoms with Crippen LogP contribution >= 0.6 is 0 Å². The predicted molar refractivity (Wildman–Crippen MR) is 177 cm³/mol. The first-order valence-electron chi connectivity index (χ1n) is 17.2. The monoisotopic (exact) mass is 701 g/mol. The van der Waals surface area contributed by atoms with Crippen molar-refractivity contribution in [2.75, 3.05) is 21.2 Å². The maximum absolute atomic E-state index is 12.8. The standard InChI is InChI=1S/C35H59NO13/c1-19-16-23(14-15-37)31(32(44-8)25(39)17-26(40)45-20(2)12-10-9-11-13-24(19)38)49-34-29(41)28(36(6)7)30(21(3)47-34)48-27-18-35(5,43)33(42)22(4)46-27/h9-11,13,15,19-25,27-34,38-39,41-43H,12,14,16-18H2,1-8H3/b10-9-,13-11+/t19-,20-,21-,22-,23?,24?,25?,27-,28-,29-,30-,31?,32?,33-,34+,35+/m1/s1. The second kappa shape index (κ2) is 18.6. The molecule has 3 rings (SSSR count). The third-order valence-electron chi connectivity index (χ3n) is 9.83. The van der Waals surface area contributed by atoms with E-state index in [2.05, 4.69) is 0 Å². The van der Waals surface area contributed by atoms with Crippen LogP contribution in [0.3, 0.4) is 0 Å². The summed E-state index contributed by atoms with van der Waals surface area (Å²) in [7, 11) is 4.86. The zero-order valence-electron chi connectivity index (χ0n) is 30.0. The Kier molecular flexibility index (Phi) is 15.8. The second-order valence-electron chi connectivity index (χ2n) is 14.3. The SMILES string of the molecule is COC1C(O)CC(=O)O[C@H](C)C/C=C\C=C\C(O)[C@H](C)CC(CC=O)C1O[C@@H]1O[C@H](C)[C@@H](O[C@@H]2C[C@](C)(O)[C@H](O)[C@@H](C)O2)[C@H](N(C)C)[C@H]1O. The maximum Gasteiger partial charge on any atom is 0.308 e. The Morgan fingerprint density at radius 3 is 2.31 bits per heavy atom. The van der Waals surface area contributed by atoms with Gasteiger partial charge in [0.15, 0.2) is 12.6 Å². The fourth-order valence-corrected chi connectivity index (χ4v) is 7.04. The van der Waals surface area contributed by atoms with Crippen molar-refractivity contribution >= 4 is 12.3 Å². The molecule has 0 saturated carbocycles. The van der Waals surface area contributed by atoms with Gasteiger partial charge in [0.25, 0.3) is 0 Å². The minimum Gasteiger partial charge on any atom is -0.462 e. The highest BCUT2D eigenvalue weighted by molar-refractivity contribution is 5.70. The minimum absolute atomic E-state index is 0.0164. The quantitative estimate of drug-likeness (QED) is 0.177. The molecule has 3 aliphatic heterocycles. The third kappa shape index (κ3) is 11.1.